The molecule has 0 aromatic heterocycles. The molecule has 0 bridgehead atoms. The van der Waals surface area contributed by atoms with Gasteiger partial charge in [-0.25, -0.2) is 0 Å². The van der Waals surface area contributed by atoms with Gasteiger partial charge in [-0.3, -0.25) is 0 Å². The highest BCUT2D eigenvalue weighted by molar-refractivity contribution is 5.49. The fraction of sp³-hybridized carbons (Fsp3) is 0.571. The summed E-state index contributed by atoms with van der Waals surface area (Å²) in [4.78, 5) is 2.44. The summed E-state index contributed by atoms with van der Waals surface area (Å²) in [5, 5.41) is 0. The molecule has 1 aromatic rings. The average Bonchev–Trinajstić information content (AvgIpc) is 2.29. The molecule has 0 atom stereocenters. The van der Waals surface area contributed by atoms with E-state index in [0.717, 1.165) is 19.1 Å². The number of hydrogen-bond donors (Lipinski definition) is 0. The summed E-state index contributed by atoms with van der Waals surface area (Å²) in [6.07, 6.45) is 3.72. The fourth-order valence-electron chi connectivity index (χ4n) is 2.56. The number of nitrogens with zero attached hydrogens (tertiary/aromatic N) is 1. The van der Waals surface area contributed by atoms with Crippen LogP contribution in [0.25, 0.3) is 0 Å². The van der Waals surface area contributed by atoms with Gasteiger partial charge >= 0.3 is 0 Å². The van der Waals surface area contributed by atoms with E-state index in [1.54, 1.807) is 0 Å². The van der Waals surface area contributed by atoms with E-state index >= 15 is 0 Å². The number of anilines is 1. The first-order chi connectivity index (χ1) is 7.93. The minimum Gasteiger partial charge on any atom is -0.381 e. The highest BCUT2D eigenvalue weighted by Gasteiger charge is 2.17. The van der Waals surface area contributed by atoms with Gasteiger partial charge < -0.3 is 9.64 Å². The van der Waals surface area contributed by atoms with Crippen LogP contribution in [-0.2, 0) is 4.74 Å². The predicted molar refractivity (Wildman–Crippen MR) is 66.1 cm³/mol. The van der Waals surface area contributed by atoms with E-state index in [4.69, 9.17) is 4.74 Å². The van der Waals surface area contributed by atoms with E-state index in [9.17, 15) is 0 Å². The molecule has 2 aliphatic heterocycles. The molecule has 0 spiro atoms. The Balaban J connectivity index is 1.70. The van der Waals surface area contributed by atoms with Crippen LogP contribution in [0.2, 0.25) is 0 Å². The Bertz CT molecular complexity index is 336. The largest absolute Gasteiger partial charge is 0.381 e. The SMILES string of the molecule is c1cc(N2CCC2)ccc1C1CCOCC1. The van der Waals surface area contributed by atoms with Crippen molar-refractivity contribution < 1.29 is 4.74 Å². The quantitative estimate of drug-likeness (QED) is 0.755. The Hall–Kier alpha value is -1.02. The highest BCUT2D eigenvalue weighted by atomic mass is 16.5. The van der Waals surface area contributed by atoms with Crippen molar-refractivity contribution in [3.05, 3.63) is 29.8 Å². The molecule has 16 heavy (non-hydrogen) atoms. The lowest BCUT2D eigenvalue weighted by atomic mass is 9.91. The molecule has 0 amide bonds. The summed E-state index contributed by atoms with van der Waals surface area (Å²) in [5.41, 5.74) is 2.88. The first-order valence-electron chi connectivity index (χ1n) is 6.36. The first kappa shape index (κ1) is 10.2. The normalized spacial score (nSPS) is 21.9. The maximum Gasteiger partial charge on any atom is 0.0471 e. The van der Waals surface area contributed by atoms with Crippen molar-refractivity contribution in [2.75, 3.05) is 31.2 Å². The molecule has 2 aliphatic rings. The topological polar surface area (TPSA) is 12.5 Å². The van der Waals surface area contributed by atoms with Gasteiger partial charge in [0.2, 0.25) is 0 Å². The van der Waals surface area contributed by atoms with Crippen molar-refractivity contribution in [1.82, 2.24) is 0 Å². The van der Waals surface area contributed by atoms with Gasteiger partial charge in [-0.05, 0) is 42.9 Å². The third kappa shape index (κ3) is 1.94. The molecule has 0 saturated carbocycles. The molecule has 2 heteroatoms. The monoisotopic (exact) mass is 217 g/mol. The minimum absolute atomic E-state index is 0.721. The molecule has 3 rings (SSSR count). The van der Waals surface area contributed by atoms with Crippen molar-refractivity contribution in [3.8, 4) is 0 Å². The number of benzene rings is 1. The van der Waals surface area contributed by atoms with Gasteiger partial charge in [0.25, 0.3) is 0 Å². The zero-order valence-electron chi connectivity index (χ0n) is 9.69. The van der Waals surface area contributed by atoms with Crippen LogP contribution in [-0.4, -0.2) is 26.3 Å². The van der Waals surface area contributed by atoms with Crippen LogP contribution in [0.4, 0.5) is 5.69 Å². The summed E-state index contributed by atoms with van der Waals surface area (Å²) in [6, 6.07) is 9.18. The summed E-state index contributed by atoms with van der Waals surface area (Å²) in [6.45, 7) is 4.32. The van der Waals surface area contributed by atoms with Gasteiger partial charge in [0.15, 0.2) is 0 Å². The third-order valence-corrected chi connectivity index (χ3v) is 3.81. The van der Waals surface area contributed by atoms with Gasteiger partial charge in [0.1, 0.15) is 0 Å². The smallest absolute Gasteiger partial charge is 0.0471 e. The fourth-order valence-corrected chi connectivity index (χ4v) is 2.56. The molecule has 2 saturated heterocycles. The Kier molecular flexibility index (Phi) is 2.83. The van der Waals surface area contributed by atoms with Crippen LogP contribution in [0.15, 0.2) is 24.3 Å². The van der Waals surface area contributed by atoms with E-state index in [2.05, 4.69) is 29.2 Å². The van der Waals surface area contributed by atoms with Crippen molar-refractivity contribution in [2.24, 2.45) is 0 Å². The molecular formula is C14H19NO. The summed E-state index contributed by atoms with van der Waals surface area (Å²) in [7, 11) is 0. The van der Waals surface area contributed by atoms with E-state index in [-0.39, 0.29) is 0 Å². The molecule has 0 unspecified atom stereocenters. The molecule has 0 N–H and O–H groups in total. The molecule has 86 valence electrons. The maximum atomic E-state index is 5.40. The van der Waals surface area contributed by atoms with Crippen LogP contribution in [0, 0.1) is 0 Å². The van der Waals surface area contributed by atoms with Crippen LogP contribution >= 0.6 is 0 Å². The van der Waals surface area contributed by atoms with E-state index in [0.29, 0.717) is 0 Å². The molecular weight excluding hydrogens is 198 g/mol. The Labute approximate surface area is 97.2 Å². The molecule has 0 aliphatic carbocycles. The lowest BCUT2D eigenvalue weighted by Gasteiger charge is -2.33. The van der Waals surface area contributed by atoms with Gasteiger partial charge in [-0.2, -0.15) is 0 Å². The van der Waals surface area contributed by atoms with Gasteiger partial charge in [-0.15, -0.1) is 0 Å². The van der Waals surface area contributed by atoms with Crippen molar-refractivity contribution >= 4 is 5.69 Å². The summed E-state index contributed by atoms with van der Waals surface area (Å²) >= 11 is 0. The lowest BCUT2D eigenvalue weighted by Crippen LogP contribution is -2.36. The van der Waals surface area contributed by atoms with Crippen LogP contribution in [0.3, 0.4) is 0 Å². The zero-order valence-corrected chi connectivity index (χ0v) is 9.69. The third-order valence-electron chi connectivity index (χ3n) is 3.81. The van der Waals surface area contributed by atoms with Gasteiger partial charge in [0.05, 0.1) is 0 Å². The van der Waals surface area contributed by atoms with E-state index in [1.807, 2.05) is 0 Å². The molecule has 1 aromatic carbocycles. The van der Waals surface area contributed by atoms with Crippen LogP contribution < -0.4 is 4.90 Å². The second-order valence-corrected chi connectivity index (χ2v) is 4.82. The summed E-state index contributed by atoms with van der Waals surface area (Å²) in [5.74, 6) is 0.721. The molecule has 0 radical (unpaired) electrons. The number of ether oxygens (including phenoxy) is 1. The van der Waals surface area contributed by atoms with Crippen molar-refractivity contribution in [2.45, 2.75) is 25.2 Å². The lowest BCUT2D eigenvalue weighted by molar-refractivity contribution is 0.0853. The second kappa shape index (κ2) is 4.46. The van der Waals surface area contributed by atoms with Crippen LogP contribution in [0.1, 0.15) is 30.7 Å². The Morgan fingerprint density at radius 3 is 2.25 bits per heavy atom. The zero-order chi connectivity index (χ0) is 10.8. The van der Waals surface area contributed by atoms with E-state index in [1.165, 1.54) is 43.6 Å². The van der Waals surface area contributed by atoms with Gasteiger partial charge in [-0.1, -0.05) is 12.1 Å². The molecule has 2 heterocycles. The average molecular weight is 217 g/mol. The minimum atomic E-state index is 0.721. The Morgan fingerprint density at radius 1 is 1.00 bits per heavy atom. The Morgan fingerprint density at radius 2 is 1.69 bits per heavy atom. The number of rotatable bonds is 2. The molecule has 2 nitrogen and oxygen atoms in total. The van der Waals surface area contributed by atoms with Crippen molar-refractivity contribution in [3.63, 3.8) is 0 Å². The maximum absolute atomic E-state index is 5.40. The number of hydrogen-bond acceptors (Lipinski definition) is 2. The van der Waals surface area contributed by atoms with E-state index < -0.39 is 0 Å². The summed E-state index contributed by atoms with van der Waals surface area (Å²) < 4.78 is 5.40. The second-order valence-electron chi connectivity index (χ2n) is 4.82. The highest BCUT2D eigenvalue weighted by Crippen LogP contribution is 2.29. The molecule has 2 fully saturated rings. The van der Waals surface area contributed by atoms with Crippen molar-refractivity contribution in [1.29, 1.82) is 0 Å². The van der Waals surface area contributed by atoms with Gasteiger partial charge in [0, 0.05) is 32.0 Å². The van der Waals surface area contributed by atoms with Crippen LogP contribution in [0.5, 0.6) is 0 Å². The first-order valence-corrected chi connectivity index (χ1v) is 6.36. The predicted octanol–water partition coefficient (Wildman–Crippen LogP) is 2.79. The standard InChI is InChI=1S/C14H19NO/c1-8-15(9-1)14-4-2-12(3-5-14)13-6-10-16-11-7-13/h2-5,13H,1,6-11H2.